The molecule has 0 aromatic carbocycles. The average molecular weight is 324 g/mol. The maximum absolute atomic E-state index is 12.6. The number of aromatic nitrogens is 1. The second-order valence-electron chi connectivity index (χ2n) is 5.06. The number of thiazole rings is 1. The molecule has 1 aliphatic heterocycles. The summed E-state index contributed by atoms with van der Waals surface area (Å²) < 4.78 is 0. The summed E-state index contributed by atoms with van der Waals surface area (Å²) in [6.07, 6.45) is 0.573. The molecule has 7 nitrogen and oxygen atoms in total. The van der Waals surface area contributed by atoms with E-state index in [0.717, 1.165) is 0 Å². The van der Waals surface area contributed by atoms with Gasteiger partial charge < -0.3 is 15.1 Å². The highest BCUT2D eigenvalue weighted by atomic mass is 32.1. The van der Waals surface area contributed by atoms with Gasteiger partial charge in [-0.3, -0.25) is 14.4 Å². The van der Waals surface area contributed by atoms with E-state index in [9.17, 15) is 14.4 Å². The van der Waals surface area contributed by atoms with Crippen molar-refractivity contribution in [3.8, 4) is 0 Å². The van der Waals surface area contributed by atoms with Gasteiger partial charge in [0.1, 0.15) is 11.7 Å². The quantitative estimate of drug-likeness (QED) is 0.902. The third-order valence-corrected chi connectivity index (χ3v) is 4.38. The molecule has 1 atom stereocenters. The van der Waals surface area contributed by atoms with Crippen molar-refractivity contribution in [3.63, 3.8) is 0 Å². The Morgan fingerprint density at radius 1 is 1.41 bits per heavy atom. The lowest BCUT2D eigenvalue weighted by Gasteiger charge is -2.39. The van der Waals surface area contributed by atoms with Gasteiger partial charge in [-0.25, -0.2) is 4.98 Å². The fourth-order valence-corrected chi connectivity index (χ4v) is 3.25. The van der Waals surface area contributed by atoms with Crippen LogP contribution >= 0.6 is 11.3 Å². The number of amides is 3. The second kappa shape index (κ2) is 6.87. The van der Waals surface area contributed by atoms with E-state index in [4.69, 9.17) is 0 Å². The van der Waals surface area contributed by atoms with Crippen LogP contribution in [0.1, 0.15) is 37.7 Å². The first kappa shape index (κ1) is 16.4. The largest absolute Gasteiger partial charge is 0.339 e. The Labute approximate surface area is 133 Å². The molecule has 0 saturated carbocycles. The maximum atomic E-state index is 12.6. The van der Waals surface area contributed by atoms with Gasteiger partial charge in [0.25, 0.3) is 5.91 Å². The second-order valence-corrected chi connectivity index (χ2v) is 5.92. The Morgan fingerprint density at radius 2 is 2.14 bits per heavy atom. The van der Waals surface area contributed by atoms with Crippen LogP contribution in [0, 0.1) is 0 Å². The minimum atomic E-state index is -0.438. The summed E-state index contributed by atoms with van der Waals surface area (Å²) in [6, 6.07) is -0.438. The molecule has 1 fully saturated rings. The van der Waals surface area contributed by atoms with Crippen molar-refractivity contribution < 1.29 is 14.4 Å². The molecule has 22 heavy (non-hydrogen) atoms. The first-order valence-corrected chi connectivity index (χ1v) is 8.18. The molecule has 1 aromatic heterocycles. The average Bonchev–Trinajstić information content (AvgIpc) is 2.93. The van der Waals surface area contributed by atoms with Gasteiger partial charge in [-0.2, -0.15) is 0 Å². The van der Waals surface area contributed by atoms with E-state index in [1.54, 1.807) is 15.2 Å². The van der Waals surface area contributed by atoms with Crippen molar-refractivity contribution in [1.82, 2.24) is 14.8 Å². The van der Waals surface area contributed by atoms with Crippen LogP contribution in [0.5, 0.6) is 0 Å². The Kier molecular flexibility index (Phi) is 5.12. The van der Waals surface area contributed by atoms with Gasteiger partial charge in [-0.05, 0) is 13.3 Å². The summed E-state index contributed by atoms with van der Waals surface area (Å²) in [6.45, 7) is 6.91. The first-order chi connectivity index (χ1) is 10.5. The molecule has 2 rings (SSSR count). The summed E-state index contributed by atoms with van der Waals surface area (Å²) >= 11 is 1.20. The molecule has 8 heteroatoms. The van der Waals surface area contributed by atoms with E-state index in [2.05, 4.69) is 10.3 Å². The van der Waals surface area contributed by atoms with Crippen molar-refractivity contribution in [3.05, 3.63) is 11.1 Å². The molecule has 1 aliphatic rings. The molecule has 1 unspecified atom stereocenters. The SMILES string of the molecule is CCC1C(=O)N(CC)CCN1C(=O)c1csc(NC(C)=O)n1. The van der Waals surface area contributed by atoms with Crippen LogP contribution < -0.4 is 5.32 Å². The van der Waals surface area contributed by atoms with Crippen molar-refractivity contribution in [2.24, 2.45) is 0 Å². The number of carbonyl (C=O) groups excluding carboxylic acids is 3. The molecule has 1 saturated heterocycles. The maximum Gasteiger partial charge on any atom is 0.274 e. The lowest BCUT2D eigenvalue weighted by atomic mass is 10.1. The Balaban J connectivity index is 2.16. The number of anilines is 1. The van der Waals surface area contributed by atoms with Gasteiger partial charge in [0, 0.05) is 31.9 Å². The van der Waals surface area contributed by atoms with Gasteiger partial charge in [-0.1, -0.05) is 6.92 Å². The predicted molar refractivity (Wildman–Crippen MR) is 83.8 cm³/mol. The van der Waals surface area contributed by atoms with E-state index in [1.165, 1.54) is 18.3 Å². The van der Waals surface area contributed by atoms with Crippen LogP contribution in [0.25, 0.3) is 0 Å². The highest BCUT2D eigenvalue weighted by Gasteiger charge is 2.36. The Hall–Kier alpha value is -1.96. The molecule has 0 spiro atoms. The molecule has 1 N–H and O–H groups in total. The number of likely N-dealkylation sites (N-methyl/N-ethyl adjacent to an activating group) is 1. The molecular formula is C14H20N4O3S. The zero-order valence-electron chi connectivity index (χ0n) is 13.0. The first-order valence-electron chi connectivity index (χ1n) is 7.30. The minimum Gasteiger partial charge on any atom is -0.339 e. The van der Waals surface area contributed by atoms with Crippen molar-refractivity contribution >= 4 is 34.2 Å². The van der Waals surface area contributed by atoms with Crippen LogP contribution in [0.3, 0.4) is 0 Å². The van der Waals surface area contributed by atoms with Crippen LogP contribution in [0.15, 0.2) is 5.38 Å². The number of nitrogens with one attached hydrogen (secondary N) is 1. The number of piperazine rings is 1. The fraction of sp³-hybridized carbons (Fsp3) is 0.571. The fourth-order valence-electron chi connectivity index (χ4n) is 2.52. The number of rotatable bonds is 4. The van der Waals surface area contributed by atoms with Crippen LogP contribution in [-0.4, -0.2) is 58.2 Å². The van der Waals surface area contributed by atoms with E-state index < -0.39 is 6.04 Å². The monoisotopic (exact) mass is 324 g/mol. The Bertz CT molecular complexity index is 586. The molecular weight excluding hydrogens is 304 g/mol. The molecule has 2 heterocycles. The van der Waals surface area contributed by atoms with Gasteiger partial charge in [0.15, 0.2) is 5.13 Å². The van der Waals surface area contributed by atoms with Gasteiger partial charge >= 0.3 is 0 Å². The normalized spacial score (nSPS) is 18.5. The molecule has 0 aliphatic carbocycles. The molecule has 3 amide bonds. The van der Waals surface area contributed by atoms with Crippen molar-refractivity contribution in [2.75, 3.05) is 25.0 Å². The van der Waals surface area contributed by atoms with Gasteiger partial charge in [0.05, 0.1) is 0 Å². The van der Waals surface area contributed by atoms with Crippen LogP contribution in [-0.2, 0) is 9.59 Å². The highest BCUT2D eigenvalue weighted by Crippen LogP contribution is 2.21. The zero-order valence-corrected chi connectivity index (χ0v) is 13.8. The van der Waals surface area contributed by atoms with Crippen molar-refractivity contribution in [1.29, 1.82) is 0 Å². The number of carbonyl (C=O) groups is 3. The van der Waals surface area contributed by atoms with Crippen LogP contribution in [0.4, 0.5) is 5.13 Å². The highest BCUT2D eigenvalue weighted by molar-refractivity contribution is 7.14. The standard InChI is InChI=1S/C14H20N4O3S/c1-4-11-13(21)17(5-2)6-7-18(11)12(20)10-8-22-14(16-10)15-9(3)19/h8,11H,4-7H2,1-3H3,(H,15,16,19). The van der Waals surface area contributed by atoms with E-state index in [-0.39, 0.29) is 23.4 Å². The third-order valence-electron chi connectivity index (χ3n) is 3.62. The summed E-state index contributed by atoms with van der Waals surface area (Å²) in [7, 11) is 0. The van der Waals surface area contributed by atoms with Crippen molar-refractivity contribution in [2.45, 2.75) is 33.2 Å². The number of hydrogen-bond acceptors (Lipinski definition) is 5. The number of nitrogens with zero attached hydrogens (tertiary/aromatic N) is 3. The summed E-state index contributed by atoms with van der Waals surface area (Å²) in [4.78, 5) is 43.4. The van der Waals surface area contributed by atoms with E-state index in [1.807, 2.05) is 13.8 Å². The smallest absolute Gasteiger partial charge is 0.274 e. The summed E-state index contributed by atoms with van der Waals surface area (Å²) in [5.41, 5.74) is 0.268. The third kappa shape index (κ3) is 3.27. The zero-order chi connectivity index (χ0) is 16.3. The molecule has 1 aromatic rings. The molecule has 120 valence electrons. The number of hydrogen-bond donors (Lipinski definition) is 1. The van der Waals surface area contributed by atoms with Gasteiger partial charge in [0.2, 0.25) is 11.8 Å². The predicted octanol–water partition coefficient (Wildman–Crippen LogP) is 1.18. The van der Waals surface area contributed by atoms with Crippen LogP contribution in [0.2, 0.25) is 0 Å². The Morgan fingerprint density at radius 3 is 2.73 bits per heavy atom. The van der Waals surface area contributed by atoms with E-state index >= 15 is 0 Å². The summed E-state index contributed by atoms with van der Waals surface area (Å²) in [5.74, 6) is -0.503. The summed E-state index contributed by atoms with van der Waals surface area (Å²) in [5, 5.41) is 4.55. The van der Waals surface area contributed by atoms with Gasteiger partial charge in [-0.15, -0.1) is 11.3 Å². The molecule has 0 radical (unpaired) electrons. The topological polar surface area (TPSA) is 82.6 Å². The minimum absolute atomic E-state index is 0.0121. The lowest BCUT2D eigenvalue weighted by molar-refractivity contribution is -0.140. The molecule has 0 bridgehead atoms. The van der Waals surface area contributed by atoms with E-state index in [0.29, 0.717) is 31.2 Å². The lowest BCUT2D eigenvalue weighted by Crippen LogP contribution is -2.58.